The topological polar surface area (TPSA) is 9.23 Å². The van der Waals surface area contributed by atoms with Crippen LogP contribution in [0.4, 0.5) is 0 Å². The Balaban J connectivity index is 1.90. The van der Waals surface area contributed by atoms with Crippen LogP contribution in [0, 0.1) is 11.8 Å². The van der Waals surface area contributed by atoms with Gasteiger partial charge < -0.3 is 4.74 Å². The Kier molecular flexibility index (Phi) is 6.30. The van der Waals surface area contributed by atoms with Gasteiger partial charge in [0, 0.05) is 10.0 Å². The molecule has 1 nitrogen and oxygen atoms in total. The summed E-state index contributed by atoms with van der Waals surface area (Å²) in [6.07, 6.45) is 4.25. The van der Waals surface area contributed by atoms with Crippen molar-refractivity contribution in [2.24, 2.45) is 0 Å². The quantitative estimate of drug-likeness (QED) is 0.464. The molecule has 26 heavy (non-hydrogen) atoms. The van der Waals surface area contributed by atoms with E-state index >= 15 is 0 Å². The van der Waals surface area contributed by atoms with Gasteiger partial charge in [0.05, 0.1) is 13.0 Å². The van der Waals surface area contributed by atoms with E-state index in [1.807, 2.05) is 54.6 Å². The third kappa shape index (κ3) is 5.12. The molecule has 0 aromatic heterocycles. The van der Waals surface area contributed by atoms with Crippen molar-refractivity contribution < 1.29 is 4.74 Å². The first-order valence-electron chi connectivity index (χ1n) is 8.39. The van der Waals surface area contributed by atoms with Crippen LogP contribution in [-0.4, -0.2) is 7.11 Å². The van der Waals surface area contributed by atoms with E-state index < -0.39 is 0 Å². The zero-order valence-electron chi connectivity index (χ0n) is 14.5. The van der Waals surface area contributed by atoms with Crippen molar-refractivity contribution in [1.82, 2.24) is 0 Å². The molecule has 0 aliphatic heterocycles. The van der Waals surface area contributed by atoms with Crippen molar-refractivity contribution in [3.8, 4) is 17.6 Å². The minimum atomic E-state index is 0.00441. The monoisotopic (exact) mass is 402 g/mol. The highest BCUT2D eigenvalue weighted by molar-refractivity contribution is 9.10. The van der Waals surface area contributed by atoms with E-state index in [1.165, 1.54) is 0 Å². The highest BCUT2D eigenvalue weighted by Crippen LogP contribution is 2.22. The molecule has 0 saturated heterocycles. The summed E-state index contributed by atoms with van der Waals surface area (Å²) in [7, 11) is 1.68. The van der Waals surface area contributed by atoms with Crippen LogP contribution in [0.2, 0.25) is 0 Å². The Hall–Kier alpha value is -2.76. The summed E-state index contributed by atoms with van der Waals surface area (Å²) in [5.41, 5.74) is 3.30. The lowest BCUT2D eigenvalue weighted by molar-refractivity contribution is 0.414. The van der Waals surface area contributed by atoms with Crippen LogP contribution in [0.25, 0.3) is 6.08 Å². The number of halogens is 1. The molecule has 0 bridgehead atoms. The number of hydrogen-bond acceptors (Lipinski definition) is 1. The molecule has 1 atom stereocenters. The first-order valence-corrected chi connectivity index (χ1v) is 9.18. The molecule has 0 saturated carbocycles. The Bertz CT molecular complexity index is 914. The summed E-state index contributed by atoms with van der Waals surface area (Å²) >= 11 is 3.47. The minimum Gasteiger partial charge on any atom is -0.497 e. The molecule has 1 unspecified atom stereocenters. The van der Waals surface area contributed by atoms with Crippen LogP contribution >= 0.6 is 15.9 Å². The van der Waals surface area contributed by atoms with Crippen LogP contribution in [0.5, 0.6) is 5.75 Å². The Morgan fingerprint density at radius 1 is 0.885 bits per heavy atom. The molecule has 0 aliphatic rings. The fourth-order valence-corrected chi connectivity index (χ4v) is 2.78. The van der Waals surface area contributed by atoms with E-state index in [-0.39, 0.29) is 5.92 Å². The average Bonchev–Trinajstić information content (AvgIpc) is 2.70. The number of benzene rings is 3. The zero-order valence-corrected chi connectivity index (χ0v) is 16.1. The number of ether oxygens (including phenoxy) is 1. The summed E-state index contributed by atoms with van der Waals surface area (Å²) in [6, 6.07) is 26.4. The van der Waals surface area contributed by atoms with Gasteiger partial charge in [-0.1, -0.05) is 82.4 Å². The molecule has 0 N–H and O–H groups in total. The van der Waals surface area contributed by atoms with Crippen LogP contribution in [-0.2, 0) is 0 Å². The van der Waals surface area contributed by atoms with E-state index in [9.17, 15) is 0 Å². The Labute approximate surface area is 163 Å². The molecule has 0 heterocycles. The van der Waals surface area contributed by atoms with Gasteiger partial charge in [0.1, 0.15) is 5.75 Å². The summed E-state index contributed by atoms with van der Waals surface area (Å²) in [4.78, 5) is 0. The molecule has 0 radical (unpaired) electrons. The second-order valence-corrected chi connectivity index (χ2v) is 6.71. The van der Waals surface area contributed by atoms with E-state index in [0.717, 1.165) is 26.9 Å². The molecule has 3 rings (SSSR count). The van der Waals surface area contributed by atoms with Crippen molar-refractivity contribution in [2.45, 2.75) is 5.92 Å². The Morgan fingerprint density at radius 3 is 2.23 bits per heavy atom. The summed E-state index contributed by atoms with van der Waals surface area (Å²) in [6.45, 7) is 0. The van der Waals surface area contributed by atoms with Gasteiger partial charge in [-0.2, -0.15) is 0 Å². The highest BCUT2D eigenvalue weighted by atomic mass is 79.9. The van der Waals surface area contributed by atoms with Crippen LogP contribution < -0.4 is 4.74 Å². The average molecular weight is 403 g/mol. The molecule has 3 aromatic carbocycles. The number of methoxy groups -OCH3 is 1. The van der Waals surface area contributed by atoms with Gasteiger partial charge in [0.15, 0.2) is 0 Å². The maximum Gasteiger partial charge on any atom is 0.118 e. The van der Waals surface area contributed by atoms with Crippen molar-refractivity contribution in [3.05, 3.63) is 106 Å². The standard InChI is InChI=1S/C24H19BrO/c1-26-24-17-13-22(14-18-24)21(11-7-19-5-3-2-4-6-19)12-8-20-9-15-23(25)16-10-20/h2-6,8-10,12-18,21H,1H3/b12-8+. The summed E-state index contributed by atoms with van der Waals surface area (Å²) < 4.78 is 6.33. The fraction of sp³-hybridized carbons (Fsp3) is 0.0833. The highest BCUT2D eigenvalue weighted by Gasteiger charge is 2.05. The van der Waals surface area contributed by atoms with Crippen LogP contribution in [0.1, 0.15) is 22.6 Å². The van der Waals surface area contributed by atoms with Gasteiger partial charge in [-0.15, -0.1) is 0 Å². The second kappa shape index (κ2) is 9.08. The molecule has 0 amide bonds. The number of allylic oxidation sites excluding steroid dienone is 1. The molecule has 0 spiro atoms. The molecule has 2 heteroatoms. The lowest BCUT2D eigenvalue weighted by Crippen LogP contribution is -1.93. The smallest absolute Gasteiger partial charge is 0.118 e. The molecule has 0 fully saturated rings. The maximum absolute atomic E-state index is 5.26. The van der Waals surface area contributed by atoms with E-state index in [0.29, 0.717) is 0 Å². The molecule has 0 aliphatic carbocycles. The summed E-state index contributed by atoms with van der Waals surface area (Å²) in [5, 5.41) is 0. The predicted octanol–water partition coefficient (Wildman–Crippen LogP) is 6.31. The van der Waals surface area contributed by atoms with Gasteiger partial charge in [-0.3, -0.25) is 0 Å². The second-order valence-electron chi connectivity index (χ2n) is 5.80. The lowest BCUT2D eigenvalue weighted by atomic mass is 9.97. The lowest BCUT2D eigenvalue weighted by Gasteiger charge is -2.08. The third-order valence-electron chi connectivity index (χ3n) is 3.97. The van der Waals surface area contributed by atoms with Crippen LogP contribution in [0.15, 0.2) is 89.4 Å². The van der Waals surface area contributed by atoms with Crippen molar-refractivity contribution in [2.75, 3.05) is 7.11 Å². The first-order chi connectivity index (χ1) is 12.7. The third-order valence-corrected chi connectivity index (χ3v) is 4.50. The normalized spacial score (nSPS) is 11.6. The van der Waals surface area contributed by atoms with Gasteiger partial charge in [0.2, 0.25) is 0 Å². The van der Waals surface area contributed by atoms with Gasteiger partial charge in [0.25, 0.3) is 0 Å². The van der Waals surface area contributed by atoms with Gasteiger partial charge in [-0.25, -0.2) is 0 Å². The molecule has 3 aromatic rings. The molecular weight excluding hydrogens is 384 g/mol. The molecular formula is C24H19BrO. The SMILES string of the molecule is COc1ccc(C(C#Cc2ccccc2)/C=C/c2ccc(Br)cc2)cc1. The number of rotatable bonds is 4. The largest absolute Gasteiger partial charge is 0.497 e. The van der Waals surface area contributed by atoms with E-state index in [4.69, 9.17) is 4.74 Å². The van der Waals surface area contributed by atoms with Crippen molar-refractivity contribution >= 4 is 22.0 Å². The maximum atomic E-state index is 5.26. The zero-order chi connectivity index (χ0) is 18.2. The molecule has 128 valence electrons. The van der Waals surface area contributed by atoms with Crippen LogP contribution in [0.3, 0.4) is 0 Å². The fourth-order valence-electron chi connectivity index (χ4n) is 2.52. The van der Waals surface area contributed by atoms with Gasteiger partial charge >= 0.3 is 0 Å². The number of hydrogen-bond donors (Lipinski definition) is 0. The van der Waals surface area contributed by atoms with Crippen molar-refractivity contribution in [1.29, 1.82) is 0 Å². The predicted molar refractivity (Wildman–Crippen MR) is 112 cm³/mol. The van der Waals surface area contributed by atoms with Gasteiger partial charge in [-0.05, 0) is 47.5 Å². The van der Waals surface area contributed by atoms with E-state index in [2.05, 4.69) is 64.2 Å². The minimum absolute atomic E-state index is 0.00441. The Morgan fingerprint density at radius 2 is 1.58 bits per heavy atom. The summed E-state index contributed by atoms with van der Waals surface area (Å²) in [5.74, 6) is 7.51. The van der Waals surface area contributed by atoms with Crippen molar-refractivity contribution in [3.63, 3.8) is 0 Å². The van der Waals surface area contributed by atoms with E-state index in [1.54, 1.807) is 7.11 Å². The first kappa shape index (κ1) is 18.0.